The summed E-state index contributed by atoms with van der Waals surface area (Å²) < 4.78 is 0. The number of carbonyl (C=O) groups excluding carboxylic acids is 6. The molecule has 11 N–H and O–H groups in total. The van der Waals surface area contributed by atoms with Crippen LogP contribution in [0.25, 0.3) is 0 Å². The fourth-order valence-corrected chi connectivity index (χ4v) is 4.77. The fraction of sp³-hybridized carbons (Fsp3) is 0.606. The maximum atomic E-state index is 13.5. The molecular weight excluding hydrogens is 636 g/mol. The van der Waals surface area contributed by atoms with E-state index in [1.807, 2.05) is 20.8 Å². The topological polar surface area (TPSA) is 264 Å². The molecule has 4 atom stereocenters. The van der Waals surface area contributed by atoms with Crippen molar-refractivity contribution in [2.45, 2.75) is 96.3 Å². The molecule has 0 fully saturated rings. The van der Waals surface area contributed by atoms with Crippen LogP contribution < -0.4 is 43.4 Å². The first-order chi connectivity index (χ1) is 23.3. The number of carboxylic acids is 1. The van der Waals surface area contributed by atoms with E-state index in [0.717, 1.165) is 12.0 Å². The van der Waals surface area contributed by atoms with Gasteiger partial charge in [-0.2, -0.15) is 0 Å². The summed E-state index contributed by atoms with van der Waals surface area (Å²) in [4.78, 5) is 88.4. The number of unbranched alkanes of at least 4 members (excludes halogenated alkanes) is 2. The molecular formula is C33H54N8O8. The van der Waals surface area contributed by atoms with Crippen molar-refractivity contribution in [1.82, 2.24) is 31.9 Å². The summed E-state index contributed by atoms with van der Waals surface area (Å²) in [5.41, 5.74) is 11.6. The average Bonchev–Trinajstić information content (AvgIpc) is 3.06. The van der Waals surface area contributed by atoms with Crippen LogP contribution in [0, 0.1) is 5.92 Å². The highest BCUT2D eigenvalue weighted by Crippen LogP contribution is 2.09. The van der Waals surface area contributed by atoms with E-state index in [9.17, 15) is 38.7 Å². The molecule has 0 bridgehead atoms. The van der Waals surface area contributed by atoms with Crippen LogP contribution in [-0.4, -0.2) is 96.9 Å². The molecule has 1 aromatic carbocycles. The standard InChI is InChI=1S/C33H54N8O8/c1-4-5-13-24(33(48)49)40-31(46)23(14-9-10-15-34)38-29(44)20-37-30(45)25(16-21(2)3)41-32(47)26(17-22-11-7-6-8-12-22)39-28(43)19-36-27(42)18-35/h6-8,11-12,21,23-26H,4-5,9-10,13-20,34-35H2,1-3H3,(H,36,42)(H,37,45)(H,38,44)(H,39,43)(H,40,46)(H,41,47)(H,48,49)/t23-,24-,25-,26-/m0/s1. The highest BCUT2D eigenvalue weighted by molar-refractivity contribution is 5.95. The van der Waals surface area contributed by atoms with Gasteiger partial charge in [0.2, 0.25) is 35.4 Å². The highest BCUT2D eigenvalue weighted by Gasteiger charge is 2.29. The van der Waals surface area contributed by atoms with Gasteiger partial charge in [0.15, 0.2) is 0 Å². The first kappa shape index (κ1) is 42.5. The maximum absolute atomic E-state index is 13.5. The van der Waals surface area contributed by atoms with Crippen LogP contribution in [0.2, 0.25) is 0 Å². The lowest BCUT2D eigenvalue weighted by atomic mass is 10.0. The first-order valence-electron chi connectivity index (χ1n) is 16.7. The van der Waals surface area contributed by atoms with E-state index in [4.69, 9.17) is 11.5 Å². The van der Waals surface area contributed by atoms with E-state index >= 15 is 0 Å². The van der Waals surface area contributed by atoms with Gasteiger partial charge in [0.05, 0.1) is 19.6 Å². The minimum atomic E-state index is -1.18. The molecule has 16 heteroatoms. The van der Waals surface area contributed by atoms with Crippen LogP contribution in [-0.2, 0) is 40.0 Å². The Labute approximate surface area is 287 Å². The van der Waals surface area contributed by atoms with Crippen LogP contribution in [0.15, 0.2) is 30.3 Å². The van der Waals surface area contributed by atoms with Gasteiger partial charge in [-0.05, 0) is 50.1 Å². The van der Waals surface area contributed by atoms with Crippen molar-refractivity contribution in [2.24, 2.45) is 17.4 Å². The summed E-state index contributed by atoms with van der Waals surface area (Å²) in [6.07, 6.45) is 3.15. The van der Waals surface area contributed by atoms with Crippen molar-refractivity contribution in [1.29, 1.82) is 0 Å². The van der Waals surface area contributed by atoms with Gasteiger partial charge in [-0.25, -0.2) is 4.79 Å². The highest BCUT2D eigenvalue weighted by atomic mass is 16.4. The predicted molar refractivity (Wildman–Crippen MR) is 182 cm³/mol. The quantitative estimate of drug-likeness (QED) is 0.0586. The number of hydrogen-bond donors (Lipinski definition) is 9. The Balaban J connectivity index is 2.99. The summed E-state index contributed by atoms with van der Waals surface area (Å²) in [5, 5.41) is 24.7. The minimum absolute atomic E-state index is 0.0518. The van der Waals surface area contributed by atoms with Crippen LogP contribution in [0.5, 0.6) is 0 Å². The molecule has 6 amide bonds. The van der Waals surface area contributed by atoms with Crippen molar-refractivity contribution in [2.75, 3.05) is 26.2 Å². The van der Waals surface area contributed by atoms with Gasteiger partial charge in [0.1, 0.15) is 24.2 Å². The lowest BCUT2D eigenvalue weighted by Gasteiger charge is -2.25. The molecule has 0 aliphatic rings. The molecule has 0 aromatic heterocycles. The number of nitrogens with one attached hydrogen (secondary N) is 6. The first-order valence-corrected chi connectivity index (χ1v) is 16.7. The van der Waals surface area contributed by atoms with E-state index in [-0.39, 0.29) is 38.1 Å². The molecule has 0 aliphatic heterocycles. The molecule has 1 rings (SSSR count). The SMILES string of the molecule is CCCC[C@H](NC(=O)[C@H](CCCCN)NC(=O)CNC(=O)[C@H](CC(C)C)NC(=O)[C@H](Cc1ccccc1)NC(=O)CNC(=O)CN)C(=O)O. The number of hydrogen-bond acceptors (Lipinski definition) is 9. The molecule has 0 radical (unpaired) electrons. The third-order valence-corrected chi connectivity index (χ3v) is 7.39. The normalized spacial score (nSPS) is 13.3. The van der Waals surface area contributed by atoms with Crippen molar-refractivity contribution in [3.8, 4) is 0 Å². The largest absolute Gasteiger partial charge is 0.480 e. The van der Waals surface area contributed by atoms with E-state index in [0.29, 0.717) is 25.8 Å². The summed E-state index contributed by atoms with van der Waals surface area (Å²) in [7, 11) is 0. The van der Waals surface area contributed by atoms with Crippen LogP contribution >= 0.6 is 0 Å². The summed E-state index contributed by atoms with van der Waals surface area (Å²) in [6.45, 7) is 4.73. The molecule has 1 aromatic rings. The third kappa shape index (κ3) is 18.0. The molecule has 0 heterocycles. The smallest absolute Gasteiger partial charge is 0.326 e. The number of aliphatic carboxylic acids is 1. The molecule has 16 nitrogen and oxygen atoms in total. The van der Waals surface area contributed by atoms with Crippen molar-refractivity contribution >= 4 is 41.4 Å². The summed E-state index contributed by atoms with van der Waals surface area (Å²) in [6, 6.07) is 4.55. The zero-order chi connectivity index (χ0) is 36.8. The van der Waals surface area contributed by atoms with Crippen LogP contribution in [0.3, 0.4) is 0 Å². The van der Waals surface area contributed by atoms with Gasteiger partial charge in [-0.3, -0.25) is 28.8 Å². The number of benzene rings is 1. The minimum Gasteiger partial charge on any atom is -0.480 e. The van der Waals surface area contributed by atoms with Gasteiger partial charge in [-0.1, -0.05) is 63.9 Å². The zero-order valence-corrected chi connectivity index (χ0v) is 28.7. The monoisotopic (exact) mass is 690 g/mol. The summed E-state index contributed by atoms with van der Waals surface area (Å²) in [5.74, 6) is -5.07. The fourth-order valence-electron chi connectivity index (χ4n) is 4.77. The molecule has 49 heavy (non-hydrogen) atoms. The Morgan fingerprint density at radius 1 is 0.673 bits per heavy atom. The van der Waals surface area contributed by atoms with Crippen molar-refractivity contribution < 1.29 is 38.7 Å². The van der Waals surface area contributed by atoms with Gasteiger partial charge in [0, 0.05) is 6.42 Å². The second kappa shape index (κ2) is 23.7. The average molecular weight is 691 g/mol. The van der Waals surface area contributed by atoms with E-state index < -0.39 is 78.7 Å². The number of amides is 6. The second-order valence-corrected chi connectivity index (χ2v) is 12.1. The number of carboxylic acid groups (broad SMARTS) is 1. The van der Waals surface area contributed by atoms with Crippen LogP contribution in [0.4, 0.5) is 0 Å². The maximum Gasteiger partial charge on any atom is 0.326 e. The Hall–Kier alpha value is -4.57. The molecule has 0 saturated carbocycles. The Bertz CT molecular complexity index is 1230. The lowest BCUT2D eigenvalue weighted by molar-refractivity contribution is -0.142. The number of nitrogens with two attached hydrogens (primary N) is 2. The summed E-state index contributed by atoms with van der Waals surface area (Å²) >= 11 is 0. The number of rotatable bonds is 24. The molecule has 274 valence electrons. The molecule has 0 saturated heterocycles. The zero-order valence-electron chi connectivity index (χ0n) is 28.7. The van der Waals surface area contributed by atoms with Gasteiger partial charge in [-0.15, -0.1) is 0 Å². The molecule has 0 spiro atoms. The van der Waals surface area contributed by atoms with Gasteiger partial charge >= 0.3 is 5.97 Å². The van der Waals surface area contributed by atoms with E-state index in [2.05, 4.69) is 31.9 Å². The lowest BCUT2D eigenvalue weighted by Crippen LogP contribution is -2.57. The second-order valence-electron chi connectivity index (χ2n) is 12.1. The Kier molecular flexibility index (Phi) is 20.5. The van der Waals surface area contributed by atoms with Crippen molar-refractivity contribution in [3.05, 3.63) is 35.9 Å². The van der Waals surface area contributed by atoms with Gasteiger partial charge in [0.25, 0.3) is 0 Å². The Morgan fingerprint density at radius 3 is 1.82 bits per heavy atom. The molecule has 0 aliphatic carbocycles. The van der Waals surface area contributed by atoms with E-state index in [1.165, 1.54) is 0 Å². The number of carbonyl (C=O) groups is 7. The Morgan fingerprint density at radius 2 is 1.24 bits per heavy atom. The predicted octanol–water partition coefficient (Wildman–Crippen LogP) is -1.19. The molecule has 0 unspecified atom stereocenters. The van der Waals surface area contributed by atoms with Gasteiger partial charge < -0.3 is 48.5 Å². The van der Waals surface area contributed by atoms with Crippen molar-refractivity contribution in [3.63, 3.8) is 0 Å². The third-order valence-electron chi connectivity index (χ3n) is 7.39. The van der Waals surface area contributed by atoms with E-state index in [1.54, 1.807) is 30.3 Å². The van der Waals surface area contributed by atoms with Crippen LogP contribution in [0.1, 0.15) is 71.3 Å².